The minimum atomic E-state index is -0.270. The second kappa shape index (κ2) is 4.37. The van der Waals surface area contributed by atoms with E-state index in [0.29, 0.717) is 6.61 Å². The Hall–Kier alpha value is -1.84. The van der Waals surface area contributed by atoms with Crippen LogP contribution in [-0.2, 0) is 11.3 Å². The molecule has 19 heavy (non-hydrogen) atoms. The van der Waals surface area contributed by atoms with Crippen LogP contribution in [0.4, 0.5) is 0 Å². The number of ether oxygens (including phenoxy) is 2. The molecule has 0 aliphatic carbocycles. The van der Waals surface area contributed by atoms with Crippen molar-refractivity contribution in [3.63, 3.8) is 0 Å². The lowest BCUT2D eigenvalue weighted by Crippen LogP contribution is -2.17. The fourth-order valence-electron chi connectivity index (χ4n) is 2.45. The third-order valence-corrected chi connectivity index (χ3v) is 4.28. The Labute approximate surface area is 115 Å². The van der Waals surface area contributed by atoms with Crippen LogP contribution < -0.4 is 4.74 Å². The van der Waals surface area contributed by atoms with Crippen LogP contribution in [0.25, 0.3) is 10.8 Å². The number of rotatable bonds is 1. The van der Waals surface area contributed by atoms with E-state index in [1.165, 1.54) is 10.8 Å². The predicted molar refractivity (Wildman–Crippen MR) is 76.4 cm³/mol. The fourth-order valence-corrected chi connectivity index (χ4v) is 3.15. The Bertz CT molecular complexity index is 719. The third-order valence-electron chi connectivity index (χ3n) is 3.39. The first-order valence-electron chi connectivity index (χ1n) is 6.24. The van der Waals surface area contributed by atoms with E-state index in [9.17, 15) is 0 Å². The summed E-state index contributed by atoms with van der Waals surface area (Å²) in [5.41, 5.74) is 1.14. The van der Waals surface area contributed by atoms with Gasteiger partial charge in [-0.1, -0.05) is 36.4 Å². The lowest BCUT2D eigenvalue weighted by Gasteiger charge is -2.26. The molecule has 1 aliphatic rings. The number of thiophene rings is 1. The average Bonchev–Trinajstić information content (AvgIpc) is 3.01. The van der Waals surface area contributed by atoms with Crippen molar-refractivity contribution in [2.45, 2.75) is 12.9 Å². The van der Waals surface area contributed by atoms with Crippen LogP contribution in [0.15, 0.2) is 53.9 Å². The summed E-state index contributed by atoms with van der Waals surface area (Å²) in [5.74, 6) is 0.934. The summed E-state index contributed by atoms with van der Waals surface area (Å²) in [7, 11) is 0. The molecule has 0 bridgehead atoms. The van der Waals surface area contributed by atoms with Gasteiger partial charge in [0.1, 0.15) is 5.75 Å². The summed E-state index contributed by atoms with van der Waals surface area (Å²) in [6.45, 7) is 0.596. The van der Waals surface area contributed by atoms with Gasteiger partial charge < -0.3 is 9.47 Å². The van der Waals surface area contributed by atoms with E-state index in [0.717, 1.165) is 16.2 Å². The number of fused-ring (bicyclic) bond motifs is 3. The van der Waals surface area contributed by atoms with Gasteiger partial charge in [-0.05, 0) is 28.3 Å². The molecule has 94 valence electrons. The molecule has 1 unspecified atom stereocenters. The number of benzene rings is 2. The molecule has 0 saturated heterocycles. The Kier molecular flexibility index (Phi) is 2.53. The first-order chi connectivity index (χ1) is 9.42. The Balaban J connectivity index is 1.78. The third kappa shape index (κ3) is 1.82. The minimum Gasteiger partial charge on any atom is -0.459 e. The zero-order valence-corrected chi connectivity index (χ0v) is 11.0. The van der Waals surface area contributed by atoms with Crippen LogP contribution >= 0.6 is 11.3 Å². The molecule has 1 atom stereocenters. The first kappa shape index (κ1) is 11.0. The largest absolute Gasteiger partial charge is 0.459 e. The normalized spacial score (nSPS) is 18.0. The van der Waals surface area contributed by atoms with Gasteiger partial charge in [0.15, 0.2) is 0 Å². The molecule has 2 aromatic carbocycles. The van der Waals surface area contributed by atoms with Crippen molar-refractivity contribution in [3.05, 3.63) is 64.4 Å². The summed E-state index contributed by atoms with van der Waals surface area (Å²) in [6, 6.07) is 16.5. The van der Waals surface area contributed by atoms with Crippen molar-refractivity contribution in [2.24, 2.45) is 0 Å². The van der Waals surface area contributed by atoms with Crippen LogP contribution in [0.2, 0.25) is 0 Å². The Morgan fingerprint density at radius 1 is 1.00 bits per heavy atom. The zero-order valence-electron chi connectivity index (χ0n) is 10.2. The van der Waals surface area contributed by atoms with E-state index in [1.54, 1.807) is 11.3 Å². The van der Waals surface area contributed by atoms with Gasteiger partial charge in [-0.2, -0.15) is 0 Å². The summed E-state index contributed by atoms with van der Waals surface area (Å²) in [5, 5.41) is 4.48. The first-order valence-corrected chi connectivity index (χ1v) is 7.12. The molecular formula is C16H12O2S. The highest BCUT2D eigenvalue weighted by Crippen LogP contribution is 2.38. The van der Waals surface area contributed by atoms with Gasteiger partial charge in [-0.3, -0.25) is 0 Å². The van der Waals surface area contributed by atoms with Crippen LogP contribution in [-0.4, -0.2) is 0 Å². The van der Waals surface area contributed by atoms with Crippen LogP contribution in [0.3, 0.4) is 0 Å². The highest BCUT2D eigenvalue weighted by atomic mass is 32.1. The maximum absolute atomic E-state index is 5.97. The molecule has 0 radical (unpaired) electrons. The molecule has 4 rings (SSSR count). The van der Waals surface area contributed by atoms with E-state index >= 15 is 0 Å². The number of hydrogen-bond donors (Lipinski definition) is 0. The van der Waals surface area contributed by atoms with Crippen LogP contribution in [0.1, 0.15) is 16.7 Å². The van der Waals surface area contributed by atoms with Crippen LogP contribution in [0, 0.1) is 0 Å². The average molecular weight is 268 g/mol. The van der Waals surface area contributed by atoms with Gasteiger partial charge in [-0.15, -0.1) is 11.3 Å². The van der Waals surface area contributed by atoms with E-state index < -0.39 is 0 Å². The molecule has 3 aromatic rings. The van der Waals surface area contributed by atoms with E-state index in [4.69, 9.17) is 9.47 Å². The molecule has 0 saturated carbocycles. The summed E-state index contributed by atoms with van der Waals surface area (Å²) >= 11 is 1.66. The van der Waals surface area contributed by atoms with Gasteiger partial charge in [0.2, 0.25) is 6.29 Å². The van der Waals surface area contributed by atoms with Crippen molar-refractivity contribution in [1.82, 2.24) is 0 Å². The molecule has 1 aliphatic heterocycles. The minimum absolute atomic E-state index is 0.270. The van der Waals surface area contributed by atoms with E-state index in [1.807, 2.05) is 35.7 Å². The molecule has 1 aromatic heterocycles. The molecule has 0 amide bonds. The predicted octanol–water partition coefficient (Wildman–Crippen LogP) is 4.51. The van der Waals surface area contributed by atoms with Crippen LogP contribution in [0.5, 0.6) is 5.75 Å². The van der Waals surface area contributed by atoms with Gasteiger partial charge in [0.05, 0.1) is 11.5 Å². The molecule has 3 heteroatoms. The summed E-state index contributed by atoms with van der Waals surface area (Å²) < 4.78 is 11.8. The second-order valence-electron chi connectivity index (χ2n) is 4.54. The monoisotopic (exact) mass is 268 g/mol. The standard InChI is InChI=1S/C16H12O2S/c1-2-5-12-11(4-1)7-8-14-13(12)10-17-16(18-14)15-6-3-9-19-15/h1-9,16H,10H2. The van der Waals surface area contributed by atoms with E-state index in [-0.39, 0.29) is 6.29 Å². The summed E-state index contributed by atoms with van der Waals surface area (Å²) in [4.78, 5) is 1.11. The van der Waals surface area contributed by atoms with Crippen molar-refractivity contribution in [1.29, 1.82) is 0 Å². The SMILES string of the molecule is c1csc(C2OCc3c(ccc4ccccc34)O2)c1. The van der Waals surface area contributed by atoms with Gasteiger partial charge >= 0.3 is 0 Å². The van der Waals surface area contributed by atoms with Crippen molar-refractivity contribution < 1.29 is 9.47 Å². The van der Waals surface area contributed by atoms with Gasteiger partial charge in [0, 0.05) is 5.56 Å². The maximum atomic E-state index is 5.97. The highest BCUT2D eigenvalue weighted by Gasteiger charge is 2.23. The van der Waals surface area contributed by atoms with Gasteiger partial charge in [0.25, 0.3) is 0 Å². The van der Waals surface area contributed by atoms with Crippen molar-refractivity contribution in [3.8, 4) is 5.75 Å². The summed E-state index contributed by atoms with van der Waals surface area (Å²) in [6.07, 6.45) is -0.270. The van der Waals surface area contributed by atoms with Crippen molar-refractivity contribution in [2.75, 3.05) is 0 Å². The Morgan fingerprint density at radius 2 is 1.95 bits per heavy atom. The second-order valence-corrected chi connectivity index (χ2v) is 5.52. The fraction of sp³-hybridized carbons (Fsp3) is 0.125. The van der Waals surface area contributed by atoms with E-state index in [2.05, 4.69) is 18.2 Å². The topological polar surface area (TPSA) is 18.5 Å². The lowest BCUT2D eigenvalue weighted by atomic mass is 10.0. The highest BCUT2D eigenvalue weighted by molar-refractivity contribution is 7.10. The van der Waals surface area contributed by atoms with Crippen molar-refractivity contribution >= 4 is 22.1 Å². The molecule has 0 spiro atoms. The molecular weight excluding hydrogens is 256 g/mol. The lowest BCUT2D eigenvalue weighted by molar-refractivity contribution is -0.108. The zero-order chi connectivity index (χ0) is 12.7. The molecule has 2 nitrogen and oxygen atoms in total. The maximum Gasteiger partial charge on any atom is 0.236 e. The number of hydrogen-bond acceptors (Lipinski definition) is 3. The molecule has 2 heterocycles. The molecule has 0 N–H and O–H groups in total. The smallest absolute Gasteiger partial charge is 0.236 e. The van der Waals surface area contributed by atoms with Gasteiger partial charge in [-0.25, -0.2) is 0 Å². The Morgan fingerprint density at radius 3 is 2.84 bits per heavy atom. The molecule has 0 fully saturated rings. The quantitative estimate of drug-likeness (QED) is 0.646.